The van der Waals surface area contributed by atoms with Crippen molar-refractivity contribution in [3.05, 3.63) is 42.5 Å². The van der Waals surface area contributed by atoms with Gasteiger partial charge in [-0.2, -0.15) is 5.26 Å². The van der Waals surface area contributed by atoms with Crippen LogP contribution in [0.4, 0.5) is 11.5 Å². The molecular formula is C27H35N7O5. The van der Waals surface area contributed by atoms with Gasteiger partial charge in [-0.25, -0.2) is 9.97 Å². The number of hydrogen-bond acceptors (Lipinski definition) is 11. The zero-order valence-electron chi connectivity index (χ0n) is 22.8. The minimum atomic E-state index is -1.50. The topological polar surface area (TPSA) is 188 Å². The largest absolute Gasteiger partial charge is 0.493 e. The van der Waals surface area contributed by atoms with Crippen LogP contribution in [0, 0.1) is 11.3 Å². The molecule has 2 unspecified atom stereocenters. The lowest BCUT2D eigenvalue weighted by Gasteiger charge is -2.18. The summed E-state index contributed by atoms with van der Waals surface area (Å²) >= 11 is 0. The van der Waals surface area contributed by atoms with Crippen molar-refractivity contribution >= 4 is 33.4 Å². The van der Waals surface area contributed by atoms with Crippen LogP contribution in [0.25, 0.3) is 21.9 Å². The zero-order valence-corrected chi connectivity index (χ0v) is 22.8. The Balaban J connectivity index is 0.000000542. The fourth-order valence-electron chi connectivity index (χ4n) is 4.00. The second kappa shape index (κ2) is 12.6. The monoisotopic (exact) mass is 537 g/mol. The molecular weight excluding hydrogens is 502 g/mol. The van der Waals surface area contributed by atoms with E-state index >= 15 is 0 Å². The first kappa shape index (κ1) is 29.4. The summed E-state index contributed by atoms with van der Waals surface area (Å²) in [7, 11) is 1.55. The van der Waals surface area contributed by atoms with E-state index in [9.17, 15) is 5.26 Å². The van der Waals surface area contributed by atoms with Crippen molar-refractivity contribution in [2.24, 2.45) is 0 Å². The summed E-state index contributed by atoms with van der Waals surface area (Å²) < 4.78 is 19.7. The van der Waals surface area contributed by atoms with Gasteiger partial charge in [-0.1, -0.05) is 13.8 Å². The van der Waals surface area contributed by atoms with Crippen LogP contribution in [-0.4, -0.2) is 55.3 Å². The molecule has 0 aliphatic carbocycles. The molecule has 12 heteroatoms. The number of nitrogens with two attached hydrogens (primary N) is 2. The third-order valence-electron chi connectivity index (χ3n) is 5.68. The van der Waals surface area contributed by atoms with Crippen LogP contribution < -0.4 is 20.9 Å². The number of rotatable bonds is 5. The smallest absolute Gasteiger partial charge is 0.163 e. The van der Waals surface area contributed by atoms with E-state index in [4.69, 9.17) is 35.9 Å². The van der Waals surface area contributed by atoms with Gasteiger partial charge in [0.2, 0.25) is 0 Å². The summed E-state index contributed by atoms with van der Waals surface area (Å²) in [4.78, 5) is 12.7. The minimum absolute atomic E-state index is 0.101. The number of nitrogens with zero attached hydrogens (tertiary/aromatic N) is 5. The van der Waals surface area contributed by atoms with Crippen LogP contribution in [0.2, 0.25) is 0 Å². The second-order valence-corrected chi connectivity index (χ2v) is 9.03. The molecule has 1 aliphatic heterocycles. The molecule has 0 saturated carbocycles. The molecule has 208 valence electrons. The highest BCUT2D eigenvalue weighted by Gasteiger charge is 2.28. The number of ether oxygens (including phenoxy) is 3. The van der Waals surface area contributed by atoms with Crippen molar-refractivity contribution in [3.63, 3.8) is 0 Å². The minimum Gasteiger partial charge on any atom is -0.493 e. The Kier molecular flexibility index (Phi) is 9.47. The van der Waals surface area contributed by atoms with Crippen LogP contribution in [0.1, 0.15) is 52.3 Å². The standard InChI is InChI=1S/C22H21N7O3.C3H8O2.C2H6/c1-30-17-6-15-16(26-9-12(8-23)20(15)24)7-18(17)31-10-13-2-3-19(32-13)29-5-4-14-21(25)27-11-28-22(14)29;1-3(2,4)5;1-2/h4-7,9,11,13,19H,2-3,10H2,1H3,(H2,24,26)(H2,25,27,28);4-5H,1-2H3;1-2H3. The average Bonchev–Trinajstić information content (AvgIpc) is 3.55. The number of nitrogen functional groups attached to an aromatic ring is 2. The van der Waals surface area contributed by atoms with Gasteiger partial charge in [-0.05, 0) is 38.8 Å². The molecule has 4 aromatic rings. The summed E-state index contributed by atoms with van der Waals surface area (Å²) in [6.07, 6.45) is 6.23. The Hall–Kier alpha value is -4.18. The van der Waals surface area contributed by atoms with Gasteiger partial charge in [0, 0.05) is 23.8 Å². The summed E-state index contributed by atoms with van der Waals surface area (Å²) in [6, 6.07) is 7.44. The maximum absolute atomic E-state index is 9.17. The number of nitriles is 1. The van der Waals surface area contributed by atoms with Gasteiger partial charge in [0.05, 0.1) is 35.4 Å². The number of anilines is 2. The zero-order chi connectivity index (χ0) is 28.7. The first-order valence-electron chi connectivity index (χ1n) is 12.6. The SMILES string of the molecule is CC.CC(C)(O)O.COc1cc2c(N)c(C#N)cnc2cc1OCC1CCC(n2ccc3c(N)ncnc32)O1. The van der Waals surface area contributed by atoms with Crippen molar-refractivity contribution < 1.29 is 24.4 Å². The quantitative estimate of drug-likeness (QED) is 0.273. The molecule has 3 aromatic heterocycles. The molecule has 5 rings (SSSR count). The van der Waals surface area contributed by atoms with Gasteiger partial charge in [0.15, 0.2) is 17.3 Å². The molecule has 6 N–H and O–H groups in total. The van der Waals surface area contributed by atoms with Gasteiger partial charge >= 0.3 is 0 Å². The number of benzene rings is 1. The van der Waals surface area contributed by atoms with Crippen LogP contribution in [0.5, 0.6) is 11.5 Å². The summed E-state index contributed by atoms with van der Waals surface area (Å²) in [5, 5.41) is 26.8. The van der Waals surface area contributed by atoms with E-state index in [-0.39, 0.29) is 12.3 Å². The molecule has 1 aromatic carbocycles. The third-order valence-corrected chi connectivity index (χ3v) is 5.68. The van der Waals surface area contributed by atoms with Crippen molar-refractivity contribution in [2.45, 2.75) is 58.7 Å². The van der Waals surface area contributed by atoms with Crippen molar-refractivity contribution in [2.75, 3.05) is 25.2 Å². The van der Waals surface area contributed by atoms with Gasteiger partial charge in [-0.15, -0.1) is 0 Å². The van der Waals surface area contributed by atoms with Crippen LogP contribution >= 0.6 is 0 Å². The molecule has 1 fully saturated rings. The first-order chi connectivity index (χ1) is 18.6. The normalized spacial score (nSPS) is 16.6. The maximum Gasteiger partial charge on any atom is 0.163 e. The Morgan fingerprint density at radius 1 is 1.13 bits per heavy atom. The van der Waals surface area contributed by atoms with Gasteiger partial charge in [0.25, 0.3) is 0 Å². The Bertz CT molecular complexity index is 1450. The predicted molar refractivity (Wildman–Crippen MR) is 148 cm³/mol. The number of methoxy groups -OCH3 is 1. The highest BCUT2D eigenvalue weighted by molar-refractivity contribution is 5.94. The van der Waals surface area contributed by atoms with E-state index in [0.717, 1.165) is 23.9 Å². The molecule has 4 heterocycles. The highest BCUT2D eigenvalue weighted by atomic mass is 16.6. The Morgan fingerprint density at radius 3 is 2.51 bits per heavy atom. The van der Waals surface area contributed by atoms with E-state index < -0.39 is 5.79 Å². The van der Waals surface area contributed by atoms with Gasteiger partial charge < -0.3 is 40.5 Å². The van der Waals surface area contributed by atoms with E-state index in [2.05, 4.69) is 15.0 Å². The fourth-order valence-corrected chi connectivity index (χ4v) is 4.00. The van der Waals surface area contributed by atoms with E-state index in [1.54, 1.807) is 19.2 Å². The van der Waals surface area contributed by atoms with E-state index in [1.165, 1.54) is 26.4 Å². The Labute approximate surface area is 226 Å². The lowest BCUT2D eigenvalue weighted by molar-refractivity contribution is -0.127. The van der Waals surface area contributed by atoms with Gasteiger partial charge in [-0.3, -0.25) is 4.98 Å². The van der Waals surface area contributed by atoms with Gasteiger partial charge in [0.1, 0.15) is 36.7 Å². The number of pyridine rings is 1. The fraction of sp³-hybridized carbons (Fsp3) is 0.407. The molecule has 0 spiro atoms. The second-order valence-electron chi connectivity index (χ2n) is 9.03. The number of hydrogen-bond donors (Lipinski definition) is 4. The highest BCUT2D eigenvalue weighted by Crippen LogP contribution is 2.36. The van der Waals surface area contributed by atoms with Crippen LogP contribution in [0.3, 0.4) is 0 Å². The molecule has 39 heavy (non-hydrogen) atoms. The van der Waals surface area contributed by atoms with E-state index in [0.29, 0.717) is 46.1 Å². The molecule has 0 amide bonds. The average molecular weight is 538 g/mol. The lowest BCUT2D eigenvalue weighted by Crippen LogP contribution is -2.18. The maximum atomic E-state index is 9.17. The summed E-state index contributed by atoms with van der Waals surface area (Å²) in [6.45, 7) is 6.94. The summed E-state index contributed by atoms with van der Waals surface area (Å²) in [5.74, 6) is 0.000896. The molecule has 0 bridgehead atoms. The predicted octanol–water partition coefficient (Wildman–Crippen LogP) is 3.51. The molecule has 1 aliphatic rings. The number of aromatic nitrogens is 4. The van der Waals surface area contributed by atoms with Crippen molar-refractivity contribution in [3.8, 4) is 17.6 Å². The molecule has 1 saturated heterocycles. The molecule has 2 atom stereocenters. The van der Waals surface area contributed by atoms with Crippen molar-refractivity contribution in [1.82, 2.24) is 19.5 Å². The van der Waals surface area contributed by atoms with Crippen molar-refractivity contribution in [1.29, 1.82) is 5.26 Å². The first-order valence-corrected chi connectivity index (χ1v) is 12.6. The molecule has 12 nitrogen and oxygen atoms in total. The van der Waals surface area contributed by atoms with Crippen LogP contribution in [-0.2, 0) is 4.74 Å². The number of fused-ring (bicyclic) bond motifs is 2. The lowest BCUT2D eigenvalue weighted by atomic mass is 10.1. The summed E-state index contributed by atoms with van der Waals surface area (Å²) in [5.41, 5.74) is 14.1. The number of aliphatic hydroxyl groups is 2. The third kappa shape index (κ3) is 7.02. The van der Waals surface area contributed by atoms with Crippen LogP contribution in [0.15, 0.2) is 36.9 Å². The van der Waals surface area contributed by atoms with E-state index in [1.807, 2.05) is 36.7 Å². The Morgan fingerprint density at radius 2 is 1.85 bits per heavy atom. The molecule has 0 radical (unpaired) electrons.